The van der Waals surface area contributed by atoms with Gasteiger partial charge in [0.2, 0.25) is 5.91 Å². The van der Waals surface area contributed by atoms with Crippen LogP contribution < -0.4 is 10.5 Å². The highest BCUT2D eigenvalue weighted by atomic mass is 35.5. The number of ether oxygens (including phenoxy) is 2. The minimum atomic E-state index is 0. The van der Waals surface area contributed by atoms with E-state index in [9.17, 15) is 4.79 Å². The molecule has 1 aromatic rings. The standard InChI is InChI=1S/C20H30N2O3.ClH/c1-24-19-10-3-2-6-16(19)13-22(14-17-8-5-11-25-17)20(23)18-9-4-7-15(18)12-21;/h2-3,6,10,15,17-18H,4-5,7-9,11-14,21H2,1H3;1H/t15-,17?,18-;/m1./s1. The second-order valence-corrected chi connectivity index (χ2v) is 7.20. The SMILES string of the molecule is COc1ccccc1CN(CC1CCCO1)C(=O)[C@@H]1CCC[C@@H]1CN.Cl. The Kier molecular flexibility index (Phi) is 8.19. The second-order valence-electron chi connectivity index (χ2n) is 7.20. The second kappa shape index (κ2) is 10.1. The lowest BCUT2D eigenvalue weighted by molar-refractivity contribution is -0.139. The first-order valence-electron chi connectivity index (χ1n) is 9.45. The molecule has 2 aliphatic rings. The van der Waals surface area contributed by atoms with Crippen LogP contribution in [0.1, 0.15) is 37.7 Å². The lowest BCUT2D eigenvalue weighted by atomic mass is 9.94. The number of carbonyl (C=O) groups is 1. The molecule has 0 aromatic heterocycles. The third kappa shape index (κ3) is 4.90. The lowest BCUT2D eigenvalue weighted by Crippen LogP contribution is -2.42. The first kappa shape index (κ1) is 21.0. The Balaban J connectivity index is 0.00000243. The Morgan fingerprint density at radius 1 is 1.27 bits per heavy atom. The van der Waals surface area contributed by atoms with Crippen LogP contribution in [0.25, 0.3) is 0 Å². The minimum absolute atomic E-state index is 0. The van der Waals surface area contributed by atoms with Gasteiger partial charge in [-0.25, -0.2) is 0 Å². The van der Waals surface area contributed by atoms with Gasteiger partial charge in [0.15, 0.2) is 0 Å². The largest absolute Gasteiger partial charge is 0.496 e. The van der Waals surface area contributed by atoms with Crippen molar-refractivity contribution < 1.29 is 14.3 Å². The highest BCUT2D eigenvalue weighted by molar-refractivity contribution is 5.85. The number of hydrogen-bond acceptors (Lipinski definition) is 4. The van der Waals surface area contributed by atoms with Gasteiger partial charge in [0, 0.05) is 31.2 Å². The number of hydrogen-bond donors (Lipinski definition) is 1. The van der Waals surface area contributed by atoms with E-state index < -0.39 is 0 Å². The Hall–Kier alpha value is -1.30. The zero-order chi connectivity index (χ0) is 17.6. The van der Waals surface area contributed by atoms with Crippen molar-refractivity contribution in [3.8, 4) is 5.75 Å². The van der Waals surface area contributed by atoms with Crippen LogP contribution in [-0.2, 0) is 16.1 Å². The maximum Gasteiger partial charge on any atom is 0.226 e. The summed E-state index contributed by atoms with van der Waals surface area (Å²) in [7, 11) is 1.67. The molecule has 0 bridgehead atoms. The average Bonchev–Trinajstić information content (AvgIpc) is 3.32. The maximum absolute atomic E-state index is 13.3. The van der Waals surface area contributed by atoms with Gasteiger partial charge in [-0.05, 0) is 44.2 Å². The quantitative estimate of drug-likeness (QED) is 0.787. The predicted molar refractivity (Wildman–Crippen MR) is 105 cm³/mol. The van der Waals surface area contributed by atoms with Gasteiger partial charge in [-0.2, -0.15) is 0 Å². The third-order valence-electron chi connectivity index (χ3n) is 5.59. The summed E-state index contributed by atoms with van der Waals surface area (Å²) in [4.78, 5) is 15.3. The van der Waals surface area contributed by atoms with Crippen LogP contribution in [0.2, 0.25) is 0 Å². The Morgan fingerprint density at radius 2 is 2.08 bits per heavy atom. The van der Waals surface area contributed by atoms with Crippen molar-refractivity contribution in [2.24, 2.45) is 17.6 Å². The third-order valence-corrected chi connectivity index (χ3v) is 5.59. The fraction of sp³-hybridized carbons (Fsp3) is 0.650. The normalized spacial score (nSPS) is 24.9. The first-order valence-corrected chi connectivity index (χ1v) is 9.45. The van der Waals surface area contributed by atoms with E-state index in [-0.39, 0.29) is 30.3 Å². The van der Waals surface area contributed by atoms with Gasteiger partial charge in [-0.3, -0.25) is 4.79 Å². The molecule has 5 nitrogen and oxygen atoms in total. The molecule has 1 heterocycles. The van der Waals surface area contributed by atoms with Crippen molar-refractivity contribution in [3.05, 3.63) is 29.8 Å². The van der Waals surface area contributed by atoms with Gasteiger partial charge in [0.1, 0.15) is 5.75 Å². The van der Waals surface area contributed by atoms with E-state index >= 15 is 0 Å². The number of carbonyl (C=O) groups excluding carboxylic acids is 1. The minimum Gasteiger partial charge on any atom is -0.496 e. The van der Waals surface area contributed by atoms with E-state index in [1.54, 1.807) is 7.11 Å². The molecule has 1 saturated heterocycles. The van der Waals surface area contributed by atoms with Gasteiger partial charge in [-0.15, -0.1) is 12.4 Å². The van der Waals surface area contributed by atoms with E-state index in [4.69, 9.17) is 15.2 Å². The molecule has 1 unspecified atom stereocenters. The average molecular weight is 383 g/mol. The molecule has 146 valence electrons. The molecule has 2 fully saturated rings. The van der Waals surface area contributed by atoms with Crippen LogP contribution in [0.15, 0.2) is 24.3 Å². The molecule has 6 heteroatoms. The number of para-hydroxylation sites is 1. The van der Waals surface area contributed by atoms with Crippen molar-refractivity contribution in [2.45, 2.75) is 44.8 Å². The molecule has 1 aliphatic carbocycles. The molecule has 3 rings (SSSR count). The Bertz CT molecular complexity index is 578. The number of nitrogens with two attached hydrogens (primary N) is 1. The summed E-state index contributed by atoms with van der Waals surface area (Å²) in [6.45, 7) is 2.62. The van der Waals surface area contributed by atoms with Gasteiger partial charge < -0.3 is 20.1 Å². The molecule has 0 radical (unpaired) electrons. The molecule has 2 N–H and O–H groups in total. The number of amides is 1. The summed E-state index contributed by atoms with van der Waals surface area (Å²) >= 11 is 0. The maximum atomic E-state index is 13.3. The van der Waals surface area contributed by atoms with Crippen molar-refractivity contribution in [2.75, 3.05) is 26.8 Å². The molecule has 0 spiro atoms. The topological polar surface area (TPSA) is 64.8 Å². The molecule has 26 heavy (non-hydrogen) atoms. The van der Waals surface area contributed by atoms with Gasteiger partial charge in [0.25, 0.3) is 0 Å². The molecule has 1 aromatic carbocycles. The number of rotatable bonds is 7. The summed E-state index contributed by atoms with van der Waals surface area (Å²) in [5.74, 6) is 1.43. The summed E-state index contributed by atoms with van der Waals surface area (Å²) < 4.78 is 11.3. The summed E-state index contributed by atoms with van der Waals surface area (Å²) in [6, 6.07) is 7.92. The van der Waals surface area contributed by atoms with Gasteiger partial charge >= 0.3 is 0 Å². The molecular weight excluding hydrogens is 352 g/mol. The molecular formula is C20H31ClN2O3. The summed E-state index contributed by atoms with van der Waals surface area (Å²) in [5, 5.41) is 0. The predicted octanol–water partition coefficient (Wildman–Crippen LogP) is 3.00. The smallest absolute Gasteiger partial charge is 0.226 e. The van der Waals surface area contributed by atoms with E-state index in [0.717, 1.165) is 50.0 Å². The van der Waals surface area contributed by atoms with Crippen LogP contribution in [-0.4, -0.2) is 43.7 Å². The Labute approximate surface area is 162 Å². The van der Waals surface area contributed by atoms with Crippen LogP contribution >= 0.6 is 12.4 Å². The van der Waals surface area contributed by atoms with E-state index in [2.05, 4.69) is 0 Å². The van der Waals surface area contributed by atoms with Crippen LogP contribution in [0, 0.1) is 11.8 Å². The Morgan fingerprint density at radius 3 is 2.77 bits per heavy atom. The van der Waals surface area contributed by atoms with E-state index in [1.807, 2.05) is 29.2 Å². The van der Waals surface area contributed by atoms with Crippen molar-refractivity contribution in [1.82, 2.24) is 4.90 Å². The zero-order valence-corrected chi connectivity index (χ0v) is 16.4. The van der Waals surface area contributed by atoms with Crippen molar-refractivity contribution in [1.29, 1.82) is 0 Å². The van der Waals surface area contributed by atoms with Crippen molar-refractivity contribution in [3.63, 3.8) is 0 Å². The van der Waals surface area contributed by atoms with E-state index in [1.165, 1.54) is 0 Å². The van der Waals surface area contributed by atoms with Crippen LogP contribution in [0.3, 0.4) is 0 Å². The number of methoxy groups -OCH3 is 1. The number of nitrogens with zero attached hydrogens (tertiary/aromatic N) is 1. The number of benzene rings is 1. The number of halogens is 1. The molecule has 1 saturated carbocycles. The molecule has 1 amide bonds. The first-order chi connectivity index (χ1) is 12.2. The fourth-order valence-corrected chi connectivity index (χ4v) is 4.18. The van der Waals surface area contributed by atoms with Crippen molar-refractivity contribution >= 4 is 18.3 Å². The van der Waals surface area contributed by atoms with E-state index in [0.29, 0.717) is 25.6 Å². The molecule has 1 aliphatic heterocycles. The summed E-state index contributed by atoms with van der Waals surface area (Å²) in [5.41, 5.74) is 6.95. The molecule has 3 atom stereocenters. The zero-order valence-electron chi connectivity index (χ0n) is 15.6. The fourth-order valence-electron chi connectivity index (χ4n) is 4.18. The highest BCUT2D eigenvalue weighted by Gasteiger charge is 2.36. The van der Waals surface area contributed by atoms with Crippen LogP contribution in [0.4, 0.5) is 0 Å². The monoisotopic (exact) mass is 382 g/mol. The summed E-state index contributed by atoms with van der Waals surface area (Å²) in [6.07, 6.45) is 5.37. The van der Waals surface area contributed by atoms with Crippen LogP contribution in [0.5, 0.6) is 5.75 Å². The van der Waals surface area contributed by atoms with Gasteiger partial charge in [0.05, 0.1) is 13.2 Å². The van der Waals surface area contributed by atoms with Gasteiger partial charge in [-0.1, -0.05) is 24.6 Å². The lowest BCUT2D eigenvalue weighted by Gasteiger charge is -2.30. The highest BCUT2D eigenvalue weighted by Crippen LogP contribution is 2.33.